The SMILES string of the molecule is COc1ccc(OC)c(-c2cn3c(CC(=O)NC(C)(C)CO)csc3n2)c1. The summed E-state index contributed by atoms with van der Waals surface area (Å²) in [4.78, 5) is 17.8. The third-order valence-corrected chi connectivity index (χ3v) is 5.07. The van der Waals surface area contributed by atoms with Crippen molar-refractivity contribution in [3.8, 4) is 22.8 Å². The monoisotopic (exact) mass is 389 g/mol. The molecule has 0 fully saturated rings. The normalized spacial score (nSPS) is 11.6. The number of ether oxygens (including phenoxy) is 2. The summed E-state index contributed by atoms with van der Waals surface area (Å²) in [6.45, 7) is 3.43. The van der Waals surface area contributed by atoms with Crippen LogP contribution in [0.15, 0.2) is 29.8 Å². The highest BCUT2D eigenvalue weighted by molar-refractivity contribution is 7.15. The van der Waals surface area contributed by atoms with E-state index < -0.39 is 5.54 Å². The number of aromatic nitrogens is 2. The molecule has 0 bridgehead atoms. The Bertz CT molecular complexity index is 961. The molecule has 0 aliphatic heterocycles. The van der Waals surface area contributed by atoms with Crippen molar-refractivity contribution in [1.29, 1.82) is 0 Å². The summed E-state index contributed by atoms with van der Waals surface area (Å²) in [7, 11) is 3.23. The first-order valence-electron chi connectivity index (χ1n) is 8.46. The van der Waals surface area contributed by atoms with Crippen LogP contribution in [0.4, 0.5) is 0 Å². The van der Waals surface area contributed by atoms with E-state index in [0.29, 0.717) is 11.5 Å². The summed E-state index contributed by atoms with van der Waals surface area (Å²) in [5, 5.41) is 14.1. The second kappa shape index (κ2) is 7.58. The Morgan fingerprint density at radius 1 is 1.33 bits per heavy atom. The number of fused-ring (bicyclic) bond motifs is 1. The number of imidazole rings is 1. The van der Waals surface area contributed by atoms with Crippen molar-refractivity contribution in [2.45, 2.75) is 25.8 Å². The third-order valence-electron chi connectivity index (χ3n) is 4.18. The lowest BCUT2D eigenvalue weighted by molar-refractivity contribution is -0.122. The van der Waals surface area contributed by atoms with Crippen LogP contribution in [-0.4, -0.2) is 46.8 Å². The average Bonchev–Trinajstić information content (AvgIpc) is 3.22. The van der Waals surface area contributed by atoms with Crippen LogP contribution in [0.1, 0.15) is 19.5 Å². The van der Waals surface area contributed by atoms with Crippen LogP contribution in [0.25, 0.3) is 16.2 Å². The first-order valence-corrected chi connectivity index (χ1v) is 9.34. The zero-order chi connectivity index (χ0) is 19.6. The number of nitrogens with zero attached hydrogens (tertiary/aromatic N) is 2. The van der Waals surface area contributed by atoms with Gasteiger partial charge in [0.25, 0.3) is 0 Å². The fourth-order valence-electron chi connectivity index (χ4n) is 2.73. The number of hydrogen-bond donors (Lipinski definition) is 2. The molecule has 2 N–H and O–H groups in total. The highest BCUT2D eigenvalue weighted by Gasteiger charge is 2.21. The smallest absolute Gasteiger partial charge is 0.226 e. The van der Waals surface area contributed by atoms with Crippen molar-refractivity contribution < 1.29 is 19.4 Å². The average molecular weight is 389 g/mol. The molecule has 0 aliphatic rings. The van der Waals surface area contributed by atoms with Crippen LogP contribution < -0.4 is 14.8 Å². The Kier molecular flexibility index (Phi) is 5.38. The predicted octanol–water partition coefficient (Wildman–Crippen LogP) is 2.51. The van der Waals surface area contributed by atoms with Crippen molar-refractivity contribution in [3.05, 3.63) is 35.5 Å². The summed E-state index contributed by atoms with van der Waals surface area (Å²) in [6.07, 6.45) is 2.09. The lowest BCUT2D eigenvalue weighted by atomic mass is 10.1. The lowest BCUT2D eigenvalue weighted by Crippen LogP contribution is -2.46. The number of hydrogen-bond acceptors (Lipinski definition) is 6. The second-order valence-electron chi connectivity index (χ2n) is 6.84. The summed E-state index contributed by atoms with van der Waals surface area (Å²) in [5.74, 6) is 1.27. The highest BCUT2D eigenvalue weighted by Crippen LogP contribution is 2.34. The van der Waals surface area contributed by atoms with Crippen LogP contribution in [0.5, 0.6) is 11.5 Å². The number of carbonyl (C=O) groups is 1. The lowest BCUT2D eigenvalue weighted by Gasteiger charge is -2.23. The van der Waals surface area contributed by atoms with Crippen LogP contribution >= 0.6 is 11.3 Å². The van der Waals surface area contributed by atoms with E-state index in [-0.39, 0.29) is 18.9 Å². The minimum absolute atomic E-state index is 0.122. The van der Waals surface area contributed by atoms with Crippen molar-refractivity contribution in [2.24, 2.45) is 0 Å². The number of carbonyl (C=O) groups excluding carboxylic acids is 1. The summed E-state index contributed by atoms with van der Waals surface area (Å²) in [5.41, 5.74) is 1.75. The Morgan fingerprint density at radius 3 is 2.78 bits per heavy atom. The molecule has 3 aromatic rings. The fourth-order valence-corrected chi connectivity index (χ4v) is 3.60. The molecule has 27 heavy (non-hydrogen) atoms. The Hall–Kier alpha value is -2.58. The van der Waals surface area contributed by atoms with E-state index in [1.807, 2.05) is 34.2 Å². The quantitative estimate of drug-likeness (QED) is 0.649. The van der Waals surface area contributed by atoms with Gasteiger partial charge in [0, 0.05) is 22.8 Å². The number of aliphatic hydroxyl groups excluding tert-OH is 1. The number of amides is 1. The summed E-state index contributed by atoms with van der Waals surface area (Å²) < 4.78 is 12.7. The van der Waals surface area contributed by atoms with Gasteiger partial charge in [-0.3, -0.25) is 9.20 Å². The van der Waals surface area contributed by atoms with E-state index in [4.69, 9.17) is 9.47 Å². The topological polar surface area (TPSA) is 85.1 Å². The molecule has 0 spiro atoms. The molecular weight excluding hydrogens is 366 g/mol. The number of aliphatic hydroxyl groups is 1. The fraction of sp³-hybridized carbons (Fsp3) is 0.368. The van der Waals surface area contributed by atoms with E-state index in [9.17, 15) is 9.90 Å². The molecule has 0 aliphatic carbocycles. The zero-order valence-electron chi connectivity index (χ0n) is 15.8. The van der Waals surface area contributed by atoms with Gasteiger partial charge in [-0.25, -0.2) is 4.98 Å². The van der Waals surface area contributed by atoms with E-state index >= 15 is 0 Å². The first-order chi connectivity index (χ1) is 12.9. The predicted molar refractivity (Wildman–Crippen MR) is 105 cm³/mol. The molecule has 2 heterocycles. The van der Waals surface area contributed by atoms with Crippen LogP contribution in [0.3, 0.4) is 0 Å². The molecule has 0 radical (unpaired) electrons. The molecule has 2 aromatic heterocycles. The minimum Gasteiger partial charge on any atom is -0.497 e. The molecule has 0 saturated heterocycles. The number of nitrogens with one attached hydrogen (secondary N) is 1. The summed E-state index contributed by atoms with van der Waals surface area (Å²) in [6, 6.07) is 5.55. The Balaban J connectivity index is 1.91. The number of rotatable bonds is 7. The molecule has 8 heteroatoms. The van der Waals surface area contributed by atoms with E-state index in [2.05, 4.69) is 10.3 Å². The Morgan fingerprint density at radius 2 is 2.11 bits per heavy atom. The van der Waals surface area contributed by atoms with Gasteiger partial charge in [-0.1, -0.05) is 0 Å². The maximum Gasteiger partial charge on any atom is 0.226 e. The molecule has 7 nitrogen and oxygen atoms in total. The van der Waals surface area contributed by atoms with Gasteiger partial charge >= 0.3 is 0 Å². The maximum absolute atomic E-state index is 12.3. The van der Waals surface area contributed by atoms with Gasteiger partial charge in [-0.2, -0.15) is 0 Å². The van der Waals surface area contributed by atoms with Gasteiger partial charge in [0.1, 0.15) is 11.5 Å². The summed E-state index contributed by atoms with van der Waals surface area (Å²) >= 11 is 1.47. The van der Waals surface area contributed by atoms with Crippen molar-refractivity contribution >= 4 is 22.2 Å². The molecule has 0 saturated carbocycles. The van der Waals surface area contributed by atoms with Gasteiger partial charge in [0.2, 0.25) is 5.91 Å². The van der Waals surface area contributed by atoms with E-state index in [0.717, 1.165) is 21.9 Å². The second-order valence-corrected chi connectivity index (χ2v) is 7.68. The minimum atomic E-state index is -0.653. The van der Waals surface area contributed by atoms with Crippen LogP contribution in [0.2, 0.25) is 0 Å². The van der Waals surface area contributed by atoms with Gasteiger partial charge in [-0.15, -0.1) is 11.3 Å². The molecule has 0 atom stereocenters. The van der Waals surface area contributed by atoms with Crippen molar-refractivity contribution in [1.82, 2.24) is 14.7 Å². The maximum atomic E-state index is 12.3. The molecule has 1 aromatic carbocycles. The first kappa shape index (κ1) is 19.2. The van der Waals surface area contributed by atoms with E-state index in [1.165, 1.54) is 11.3 Å². The van der Waals surface area contributed by atoms with Crippen LogP contribution in [0, 0.1) is 0 Å². The zero-order valence-corrected chi connectivity index (χ0v) is 16.6. The largest absolute Gasteiger partial charge is 0.497 e. The highest BCUT2D eigenvalue weighted by atomic mass is 32.1. The molecule has 1 amide bonds. The van der Waals surface area contributed by atoms with Gasteiger partial charge in [0.05, 0.1) is 38.5 Å². The third kappa shape index (κ3) is 4.06. The molecular formula is C19H23N3O4S. The van der Waals surface area contributed by atoms with Crippen molar-refractivity contribution in [2.75, 3.05) is 20.8 Å². The van der Waals surface area contributed by atoms with Crippen LogP contribution in [-0.2, 0) is 11.2 Å². The van der Waals surface area contributed by atoms with E-state index in [1.54, 1.807) is 28.1 Å². The molecule has 3 rings (SSSR count). The Labute approximate surface area is 161 Å². The van der Waals surface area contributed by atoms with Gasteiger partial charge in [-0.05, 0) is 32.0 Å². The molecule has 0 unspecified atom stereocenters. The number of thiazole rings is 1. The molecule has 144 valence electrons. The number of methoxy groups -OCH3 is 2. The standard InChI is InChI=1S/C19H23N3O4S/c1-19(2,11-23)21-17(24)7-12-10-27-18-20-15(9-22(12)18)14-8-13(25-3)5-6-16(14)26-4/h5-6,8-10,23H,7,11H2,1-4H3,(H,21,24). The van der Waals surface area contributed by atoms with Crippen molar-refractivity contribution in [3.63, 3.8) is 0 Å². The van der Waals surface area contributed by atoms with Gasteiger partial charge in [0.15, 0.2) is 4.96 Å². The van der Waals surface area contributed by atoms with Gasteiger partial charge < -0.3 is 19.9 Å². The number of benzene rings is 1.